The van der Waals surface area contributed by atoms with Gasteiger partial charge in [0.15, 0.2) is 0 Å². The van der Waals surface area contributed by atoms with Gasteiger partial charge in [-0.3, -0.25) is 24.1 Å². The van der Waals surface area contributed by atoms with E-state index >= 15 is 0 Å². The van der Waals surface area contributed by atoms with Crippen molar-refractivity contribution in [2.24, 2.45) is 0 Å². The van der Waals surface area contributed by atoms with Crippen LogP contribution in [-0.2, 0) is 14.4 Å². The van der Waals surface area contributed by atoms with Crippen LogP contribution in [-0.4, -0.2) is 34.4 Å². The topological polar surface area (TPSA) is 95.6 Å². The van der Waals surface area contributed by atoms with Gasteiger partial charge < -0.3 is 10.6 Å². The molecule has 29 heavy (non-hydrogen) atoms. The van der Waals surface area contributed by atoms with E-state index in [2.05, 4.69) is 10.6 Å². The van der Waals surface area contributed by atoms with Gasteiger partial charge in [0.25, 0.3) is 11.1 Å². The monoisotopic (exact) mass is 413 g/mol. The Morgan fingerprint density at radius 3 is 2.21 bits per heavy atom. The summed E-state index contributed by atoms with van der Waals surface area (Å²) in [6.07, 6.45) is 1.54. The molecule has 7 nitrogen and oxygen atoms in total. The van der Waals surface area contributed by atoms with E-state index in [9.17, 15) is 23.6 Å². The number of thioether (sulfide) groups is 1. The second kappa shape index (κ2) is 8.70. The molecule has 1 saturated heterocycles. The first kappa shape index (κ1) is 20.3. The number of amides is 4. The average molecular weight is 413 g/mol. The van der Waals surface area contributed by atoms with E-state index in [1.807, 2.05) is 0 Å². The van der Waals surface area contributed by atoms with E-state index in [1.54, 1.807) is 30.3 Å². The Balaban J connectivity index is 1.65. The molecule has 0 saturated carbocycles. The van der Waals surface area contributed by atoms with Crippen LogP contribution in [0.25, 0.3) is 6.08 Å². The summed E-state index contributed by atoms with van der Waals surface area (Å²) in [6, 6.07) is 11.9. The van der Waals surface area contributed by atoms with E-state index in [4.69, 9.17) is 0 Å². The number of hydrogen-bond donors (Lipinski definition) is 2. The Bertz CT molecular complexity index is 1000. The highest BCUT2D eigenvalue weighted by Gasteiger charge is 2.36. The van der Waals surface area contributed by atoms with Crippen molar-refractivity contribution < 1.29 is 23.6 Å². The van der Waals surface area contributed by atoms with Gasteiger partial charge in [0.05, 0.1) is 4.91 Å². The third kappa shape index (κ3) is 5.29. The van der Waals surface area contributed by atoms with Crippen LogP contribution in [0.2, 0.25) is 0 Å². The van der Waals surface area contributed by atoms with Gasteiger partial charge in [0, 0.05) is 18.3 Å². The summed E-state index contributed by atoms with van der Waals surface area (Å²) in [6.45, 7) is 0.955. The van der Waals surface area contributed by atoms with E-state index in [0.29, 0.717) is 16.9 Å². The number of imide groups is 1. The number of benzene rings is 2. The van der Waals surface area contributed by atoms with E-state index < -0.39 is 29.4 Å². The predicted octanol–water partition coefficient (Wildman–Crippen LogP) is 3.46. The number of hydrogen-bond acceptors (Lipinski definition) is 5. The summed E-state index contributed by atoms with van der Waals surface area (Å²) in [5.74, 6) is -1.78. The lowest BCUT2D eigenvalue weighted by Crippen LogP contribution is -2.36. The zero-order valence-electron chi connectivity index (χ0n) is 15.3. The van der Waals surface area contributed by atoms with Crippen LogP contribution in [0.4, 0.5) is 20.6 Å². The molecule has 4 amide bonds. The number of carbonyl (C=O) groups is 4. The molecule has 0 radical (unpaired) electrons. The molecule has 2 aromatic carbocycles. The van der Waals surface area contributed by atoms with Gasteiger partial charge in [0.1, 0.15) is 12.4 Å². The van der Waals surface area contributed by atoms with Crippen LogP contribution in [0, 0.1) is 5.82 Å². The third-order valence-electron chi connectivity index (χ3n) is 3.83. The standard InChI is InChI=1S/C20H16FN3O4S/c1-12(25)22-15-6-2-13(3-7-15)10-17-19(27)24(20(28)29-17)11-18(26)23-16-8-4-14(21)5-9-16/h2-10H,11H2,1H3,(H,22,25)(H,23,26)/b17-10-. The van der Waals surface area contributed by atoms with Crippen molar-refractivity contribution >= 4 is 52.2 Å². The highest BCUT2D eigenvalue weighted by Crippen LogP contribution is 2.32. The Hall–Kier alpha value is -3.46. The minimum atomic E-state index is -0.570. The zero-order valence-corrected chi connectivity index (χ0v) is 16.1. The molecular formula is C20H16FN3O4S. The fourth-order valence-electron chi connectivity index (χ4n) is 2.53. The molecular weight excluding hydrogens is 397 g/mol. The molecule has 3 rings (SSSR count). The van der Waals surface area contributed by atoms with Gasteiger partial charge in [0.2, 0.25) is 11.8 Å². The minimum Gasteiger partial charge on any atom is -0.326 e. The van der Waals surface area contributed by atoms with Crippen LogP contribution in [0.5, 0.6) is 0 Å². The maximum atomic E-state index is 12.9. The first-order valence-electron chi connectivity index (χ1n) is 8.50. The molecule has 0 aromatic heterocycles. The first-order valence-corrected chi connectivity index (χ1v) is 9.32. The van der Waals surface area contributed by atoms with E-state index in [0.717, 1.165) is 16.7 Å². The second-order valence-electron chi connectivity index (χ2n) is 6.13. The van der Waals surface area contributed by atoms with Gasteiger partial charge in [-0.15, -0.1) is 0 Å². The molecule has 9 heteroatoms. The first-order chi connectivity index (χ1) is 13.8. The molecule has 1 heterocycles. The van der Waals surface area contributed by atoms with Crippen molar-refractivity contribution in [3.63, 3.8) is 0 Å². The van der Waals surface area contributed by atoms with Gasteiger partial charge in [-0.05, 0) is 59.8 Å². The maximum Gasteiger partial charge on any atom is 0.294 e. The van der Waals surface area contributed by atoms with Gasteiger partial charge in [-0.1, -0.05) is 12.1 Å². The second-order valence-corrected chi connectivity index (χ2v) is 7.12. The van der Waals surface area contributed by atoms with Crippen molar-refractivity contribution in [2.75, 3.05) is 17.2 Å². The molecule has 2 N–H and O–H groups in total. The SMILES string of the molecule is CC(=O)Nc1ccc(/C=C2\SC(=O)N(CC(=O)Nc3ccc(F)cc3)C2=O)cc1. The molecule has 1 aliphatic heterocycles. The number of nitrogens with zero attached hydrogens (tertiary/aromatic N) is 1. The van der Waals surface area contributed by atoms with Crippen molar-refractivity contribution in [1.29, 1.82) is 0 Å². The van der Waals surface area contributed by atoms with Gasteiger partial charge in [-0.2, -0.15) is 0 Å². The Morgan fingerprint density at radius 2 is 1.59 bits per heavy atom. The van der Waals surface area contributed by atoms with E-state index in [-0.39, 0.29) is 10.8 Å². The molecule has 0 atom stereocenters. The molecule has 0 aliphatic carbocycles. The number of rotatable bonds is 5. The Labute approximate surface area is 170 Å². The quantitative estimate of drug-likeness (QED) is 0.732. The minimum absolute atomic E-state index is 0.192. The molecule has 0 bridgehead atoms. The van der Waals surface area contributed by atoms with Crippen molar-refractivity contribution in [3.05, 3.63) is 64.8 Å². The summed E-state index contributed by atoms with van der Waals surface area (Å²) in [5.41, 5.74) is 1.64. The van der Waals surface area contributed by atoms with Crippen molar-refractivity contribution in [2.45, 2.75) is 6.92 Å². The highest BCUT2D eigenvalue weighted by molar-refractivity contribution is 8.18. The highest BCUT2D eigenvalue weighted by atomic mass is 32.2. The predicted molar refractivity (Wildman–Crippen MR) is 108 cm³/mol. The largest absolute Gasteiger partial charge is 0.326 e. The van der Waals surface area contributed by atoms with Crippen LogP contribution in [0.3, 0.4) is 0 Å². The van der Waals surface area contributed by atoms with Crippen LogP contribution in [0.15, 0.2) is 53.4 Å². The normalized spacial score (nSPS) is 15.0. The fraction of sp³-hybridized carbons (Fsp3) is 0.100. The molecule has 2 aromatic rings. The smallest absolute Gasteiger partial charge is 0.294 e. The van der Waals surface area contributed by atoms with Crippen LogP contribution < -0.4 is 10.6 Å². The Morgan fingerprint density at radius 1 is 1.00 bits per heavy atom. The van der Waals surface area contributed by atoms with Crippen molar-refractivity contribution in [3.8, 4) is 0 Å². The maximum absolute atomic E-state index is 12.9. The van der Waals surface area contributed by atoms with Crippen LogP contribution in [0.1, 0.15) is 12.5 Å². The molecule has 148 valence electrons. The lowest BCUT2D eigenvalue weighted by molar-refractivity contribution is -0.127. The zero-order chi connectivity index (χ0) is 21.0. The van der Waals surface area contributed by atoms with Gasteiger partial charge >= 0.3 is 0 Å². The number of anilines is 2. The van der Waals surface area contributed by atoms with Crippen molar-refractivity contribution in [1.82, 2.24) is 4.90 Å². The molecule has 0 spiro atoms. The summed E-state index contributed by atoms with van der Waals surface area (Å²) >= 11 is 0.741. The number of nitrogens with one attached hydrogen (secondary N) is 2. The average Bonchev–Trinajstić information content (AvgIpc) is 2.92. The lowest BCUT2D eigenvalue weighted by atomic mass is 10.2. The molecule has 0 unspecified atom stereocenters. The number of halogens is 1. The van der Waals surface area contributed by atoms with Gasteiger partial charge in [-0.25, -0.2) is 4.39 Å². The summed E-state index contributed by atoms with van der Waals surface area (Å²) in [5, 5.41) is 4.59. The lowest BCUT2D eigenvalue weighted by Gasteiger charge is -2.12. The fourth-order valence-corrected chi connectivity index (χ4v) is 3.37. The third-order valence-corrected chi connectivity index (χ3v) is 4.74. The summed E-state index contributed by atoms with van der Waals surface area (Å²) in [4.78, 5) is 48.8. The Kier molecular flexibility index (Phi) is 6.08. The summed E-state index contributed by atoms with van der Waals surface area (Å²) < 4.78 is 12.9. The van der Waals surface area contributed by atoms with Crippen LogP contribution >= 0.6 is 11.8 Å². The number of carbonyl (C=O) groups excluding carboxylic acids is 4. The van der Waals surface area contributed by atoms with E-state index in [1.165, 1.54) is 31.2 Å². The molecule has 1 aliphatic rings. The molecule has 1 fully saturated rings. The summed E-state index contributed by atoms with van der Waals surface area (Å²) in [7, 11) is 0.